The van der Waals surface area contributed by atoms with Gasteiger partial charge < -0.3 is 15.2 Å². The lowest BCUT2D eigenvalue weighted by Crippen LogP contribution is -2.18. The summed E-state index contributed by atoms with van der Waals surface area (Å²) in [5.74, 6) is 1.47. The lowest BCUT2D eigenvalue weighted by Gasteiger charge is -2.18. The third kappa shape index (κ3) is 2.77. The monoisotopic (exact) mass is 275 g/mol. The number of nitrogens with zero attached hydrogens (tertiary/aromatic N) is 2. The summed E-state index contributed by atoms with van der Waals surface area (Å²) in [6.07, 6.45) is 2.79. The van der Waals surface area contributed by atoms with E-state index in [1.165, 1.54) is 0 Å². The number of rotatable bonds is 6. The maximum Gasteiger partial charge on any atom is 0.127 e. The fraction of sp³-hybridized carbons (Fsp3) is 0.400. The fourth-order valence-electron chi connectivity index (χ4n) is 2.24. The Morgan fingerprint density at radius 1 is 1.25 bits per heavy atom. The first-order chi connectivity index (χ1) is 9.71. The van der Waals surface area contributed by atoms with Crippen molar-refractivity contribution < 1.29 is 9.47 Å². The van der Waals surface area contributed by atoms with Crippen LogP contribution in [0, 0.1) is 0 Å². The molecule has 2 rings (SSSR count). The SMILES string of the molecule is CCCn1nccc1C(N)c1ccc(OC)cc1OC. The van der Waals surface area contributed by atoms with Crippen LogP contribution in [-0.2, 0) is 6.54 Å². The molecule has 0 aliphatic carbocycles. The molecule has 1 aromatic heterocycles. The van der Waals surface area contributed by atoms with E-state index in [0.717, 1.165) is 35.7 Å². The number of benzene rings is 1. The molecule has 0 spiro atoms. The maximum absolute atomic E-state index is 6.38. The van der Waals surface area contributed by atoms with E-state index in [1.54, 1.807) is 20.4 Å². The van der Waals surface area contributed by atoms with Crippen molar-refractivity contribution in [1.82, 2.24) is 9.78 Å². The van der Waals surface area contributed by atoms with Gasteiger partial charge in [0.15, 0.2) is 0 Å². The second-order valence-electron chi connectivity index (χ2n) is 4.56. The number of nitrogens with two attached hydrogens (primary N) is 1. The van der Waals surface area contributed by atoms with Crippen molar-refractivity contribution >= 4 is 0 Å². The van der Waals surface area contributed by atoms with Gasteiger partial charge in [0.2, 0.25) is 0 Å². The van der Waals surface area contributed by atoms with Crippen LogP contribution < -0.4 is 15.2 Å². The van der Waals surface area contributed by atoms with Crippen LogP contribution in [0.1, 0.15) is 30.6 Å². The molecular formula is C15H21N3O2. The average molecular weight is 275 g/mol. The number of hydrogen-bond acceptors (Lipinski definition) is 4. The summed E-state index contributed by atoms with van der Waals surface area (Å²) in [6.45, 7) is 2.97. The van der Waals surface area contributed by atoms with Gasteiger partial charge in [0.1, 0.15) is 11.5 Å². The molecule has 0 radical (unpaired) electrons. The molecule has 20 heavy (non-hydrogen) atoms. The predicted molar refractivity (Wildman–Crippen MR) is 78.1 cm³/mol. The van der Waals surface area contributed by atoms with E-state index < -0.39 is 0 Å². The number of aryl methyl sites for hydroxylation is 1. The molecule has 1 heterocycles. The summed E-state index contributed by atoms with van der Waals surface area (Å²) in [6, 6.07) is 7.34. The average Bonchev–Trinajstić information content (AvgIpc) is 2.94. The molecule has 108 valence electrons. The second kappa shape index (κ2) is 6.43. The maximum atomic E-state index is 6.38. The van der Waals surface area contributed by atoms with E-state index in [1.807, 2.05) is 28.9 Å². The summed E-state index contributed by atoms with van der Waals surface area (Å²) in [5.41, 5.74) is 8.28. The van der Waals surface area contributed by atoms with E-state index in [2.05, 4.69) is 12.0 Å². The minimum atomic E-state index is -0.273. The van der Waals surface area contributed by atoms with Crippen LogP contribution in [0.2, 0.25) is 0 Å². The van der Waals surface area contributed by atoms with Crippen LogP contribution in [0.25, 0.3) is 0 Å². The highest BCUT2D eigenvalue weighted by molar-refractivity contribution is 5.44. The Kier molecular flexibility index (Phi) is 4.63. The number of hydrogen-bond donors (Lipinski definition) is 1. The normalized spacial score (nSPS) is 12.2. The highest BCUT2D eigenvalue weighted by Gasteiger charge is 2.18. The van der Waals surface area contributed by atoms with Gasteiger partial charge in [-0.1, -0.05) is 6.92 Å². The van der Waals surface area contributed by atoms with Crippen molar-refractivity contribution in [2.45, 2.75) is 25.9 Å². The highest BCUT2D eigenvalue weighted by atomic mass is 16.5. The third-order valence-corrected chi connectivity index (χ3v) is 3.28. The van der Waals surface area contributed by atoms with Gasteiger partial charge in [-0.2, -0.15) is 5.10 Å². The van der Waals surface area contributed by atoms with Crippen LogP contribution >= 0.6 is 0 Å². The van der Waals surface area contributed by atoms with Crippen molar-refractivity contribution in [3.63, 3.8) is 0 Å². The minimum Gasteiger partial charge on any atom is -0.497 e. The molecular weight excluding hydrogens is 254 g/mol. The first-order valence-corrected chi connectivity index (χ1v) is 6.70. The van der Waals surface area contributed by atoms with Gasteiger partial charge in [0.25, 0.3) is 0 Å². The smallest absolute Gasteiger partial charge is 0.127 e. The van der Waals surface area contributed by atoms with Crippen molar-refractivity contribution in [1.29, 1.82) is 0 Å². The molecule has 2 aromatic rings. The molecule has 0 fully saturated rings. The molecule has 1 atom stereocenters. The lowest BCUT2D eigenvalue weighted by atomic mass is 10.0. The van der Waals surface area contributed by atoms with Gasteiger partial charge in [-0.05, 0) is 24.6 Å². The van der Waals surface area contributed by atoms with E-state index in [4.69, 9.17) is 15.2 Å². The number of methoxy groups -OCH3 is 2. The van der Waals surface area contributed by atoms with Gasteiger partial charge in [0.05, 0.1) is 26.0 Å². The summed E-state index contributed by atoms with van der Waals surface area (Å²) in [4.78, 5) is 0. The summed E-state index contributed by atoms with van der Waals surface area (Å²) in [5, 5.41) is 4.31. The number of ether oxygens (including phenoxy) is 2. The largest absolute Gasteiger partial charge is 0.497 e. The minimum absolute atomic E-state index is 0.273. The van der Waals surface area contributed by atoms with E-state index >= 15 is 0 Å². The number of aromatic nitrogens is 2. The molecule has 0 saturated heterocycles. The van der Waals surface area contributed by atoms with Crippen molar-refractivity contribution in [3.8, 4) is 11.5 Å². The molecule has 0 saturated carbocycles. The van der Waals surface area contributed by atoms with E-state index in [9.17, 15) is 0 Å². The Labute approximate surface area is 119 Å². The fourth-order valence-corrected chi connectivity index (χ4v) is 2.24. The van der Waals surface area contributed by atoms with E-state index in [0.29, 0.717) is 0 Å². The first-order valence-electron chi connectivity index (χ1n) is 6.70. The molecule has 1 unspecified atom stereocenters. The zero-order valence-corrected chi connectivity index (χ0v) is 12.2. The summed E-state index contributed by atoms with van der Waals surface area (Å²) < 4.78 is 12.6. The predicted octanol–water partition coefficient (Wildman–Crippen LogP) is 2.36. The zero-order valence-electron chi connectivity index (χ0n) is 12.2. The van der Waals surface area contributed by atoms with Crippen molar-refractivity contribution in [3.05, 3.63) is 41.7 Å². The van der Waals surface area contributed by atoms with Gasteiger partial charge in [-0.3, -0.25) is 4.68 Å². The molecule has 5 nitrogen and oxygen atoms in total. The summed E-state index contributed by atoms with van der Waals surface area (Å²) >= 11 is 0. The van der Waals surface area contributed by atoms with Crippen molar-refractivity contribution in [2.75, 3.05) is 14.2 Å². The van der Waals surface area contributed by atoms with Crippen LogP contribution in [0.15, 0.2) is 30.5 Å². The Morgan fingerprint density at radius 3 is 2.70 bits per heavy atom. The quantitative estimate of drug-likeness (QED) is 0.879. The Morgan fingerprint density at radius 2 is 2.05 bits per heavy atom. The van der Waals surface area contributed by atoms with Crippen molar-refractivity contribution in [2.24, 2.45) is 5.73 Å². The zero-order chi connectivity index (χ0) is 14.5. The van der Waals surface area contributed by atoms with Crippen LogP contribution in [-0.4, -0.2) is 24.0 Å². The Balaban J connectivity index is 2.37. The molecule has 0 aliphatic heterocycles. The first kappa shape index (κ1) is 14.4. The lowest BCUT2D eigenvalue weighted by molar-refractivity contribution is 0.389. The Hall–Kier alpha value is -2.01. The molecule has 2 N–H and O–H groups in total. The molecule has 1 aromatic carbocycles. The van der Waals surface area contributed by atoms with Crippen LogP contribution in [0.5, 0.6) is 11.5 Å². The van der Waals surface area contributed by atoms with Crippen LogP contribution in [0.4, 0.5) is 0 Å². The second-order valence-corrected chi connectivity index (χ2v) is 4.56. The van der Waals surface area contributed by atoms with Gasteiger partial charge in [-0.25, -0.2) is 0 Å². The van der Waals surface area contributed by atoms with Crippen LogP contribution in [0.3, 0.4) is 0 Å². The molecule has 5 heteroatoms. The van der Waals surface area contributed by atoms with Gasteiger partial charge >= 0.3 is 0 Å². The molecule has 0 amide bonds. The molecule has 0 bridgehead atoms. The highest BCUT2D eigenvalue weighted by Crippen LogP contribution is 2.31. The Bertz CT molecular complexity index is 566. The standard InChI is InChI=1S/C15H21N3O2/c1-4-9-18-13(7-8-17-18)15(16)12-6-5-11(19-2)10-14(12)20-3/h5-8,10,15H,4,9,16H2,1-3H3. The summed E-state index contributed by atoms with van der Waals surface area (Å²) in [7, 11) is 3.26. The third-order valence-electron chi connectivity index (χ3n) is 3.28. The molecule has 0 aliphatic rings. The van der Waals surface area contributed by atoms with E-state index in [-0.39, 0.29) is 6.04 Å². The van der Waals surface area contributed by atoms with Gasteiger partial charge in [0, 0.05) is 24.4 Å². The van der Waals surface area contributed by atoms with Gasteiger partial charge in [-0.15, -0.1) is 0 Å². The topological polar surface area (TPSA) is 62.3 Å².